The van der Waals surface area contributed by atoms with Crippen LogP contribution < -0.4 is 107 Å². The van der Waals surface area contributed by atoms with Gasteiger partial charge in [0.15, 0.2) is 11.5 Å². The summed E-state index contributed by atoms with van der Waals surface area (Å²) in [6.07, 6.45) is -6.01. The lowest BCUT2D eigenvalue weighted by atomic mass is 9.98. The number of methoxy groups -OCH3 is 2. The summed E-state index contributed by atoms with van der Waals surface area (Å²) >= 11 is 0.900. The van der Waals surface area contributed by atoms with E-state index in [4.69, 9.17) is 42.9 Å². The van der Waals surface area contributed by atoms with E-state index in [1.54, 1.807) is 24.3 Å². The number of aliphatic carboxylic acids is 1. The number of amides is 16. The van der Waals surface area contributed by atoms with Gasteiger partial charge >= 0.3 is 5.97 Å². The number of carboxylic acids is 1. The number of nitrogens with one attached hydrogen (secondary N) is 13. The predicted octanol–water partition coefficient (Wildman–Crippen LogP) is -6.30. The number of carboxylic acid groups (broad SMARTS) is 1. The number of fused-ring (bicyclic) bond motifs is 1. The molecule has 0 aliphatic carbocycles. The Morgan fingerprint density at radius 3 is 1.81 bits per heavy atom. The summed E-state index contributed by atoms with van der Waals surface area (Å²) in [4.78, 5) is 236. The number of rotatable bonds is 37. The molecular formula is C71H98N18O22S. The van der Waals surface area contributed by atoms with Gasteiger partial charge in [0.2, 0.25) is 94.5 Å². The first-order valence-electron chi connectivity index (χ1n) is 35.3. The molecule has 40 nitrogen and oxygen atoms in total. The second-order valence-electron chi connectivity index (χ2n) is 26.7. The molecule has 0 saturated carbocycles. The summed E-state index contributed by atoms with van der Waals surface area (Å²) in [6.45, 7) is 4.07. The van der Waals surface area contributed by atoms with Gasteiger partial charge in [-0.3, -0.25) is 81.5 Å². The fraction of sp³-hybridized carbons (Fsp3) is 0.479. The number of para-hydroxylation sites is 1. The van der Waals surface area contributed by atoms with Gasteiger partial charge in [0.25, 0.3) is 0 Å². The van der Waals surface area contributed by atoms with Crippen molar-refractivity contribution in [3.8, 4) is 17.2 Å². The van der Waals surface area contributed by atoms with Crippen molar-refractivity contribution in [1.82, 2.24) is 68.8 Å². The van der Waals surface area contributed by atoms with E-state index >= 15 is 19.2 Å². The van der Waals surface area contributed by atoms with Gasteiger partial charge in [0.05, 0.1) is 33.3 Å². The molecule has 3 aromatic carbocycles. The number of aromatic amines is 1. The number of nitrogens with two attached hydrogens (primary N) is 5. The number of primary amides is 4. The quantitative estimate of drug-likeness (QED) is 0.0200. The summed E-state index contributed by atoms with van der Waals surface area (Å²) < 4.78 is 16.6. The molecule has 1 aliphatic rings. The van der Waals surface area contributed by atoms with Crippen LogP contribution in [0.5, 0.6) is 17.2 Å². The Morgan fingerprint density at radius 2 is 1.21 bits per heavy atom. The zero-order valence-corrected chi connectivity index (χ0v) is 63.3. The highest BCUT2D eigenvalue weighted by Gasteiger charge is 2.40. The number of H-pyrrole nitrogens is 1. The average Bonchev–Trinajstić information content (AvgIpc) is 1.68. The van der Waals surface area contributed by atoms with E-state index in [-0.39, 0.29) is 48.8 Å². The van der Waals surface area contributed by atoms with Gasteiger partial charge in [-0.25, -0.2) is 0 Å². The van der Waals surface area contributed by atoms with Gasteiger partial charge in [-0.15, -0.1) is 0 Å². The molecule has 1 saturated heterocycles. The summed E-state index contributed by atoms with van der Waals surface area (Å²) in [6, 6.07) is -0.0106. The van der Waals surface area contributed by atoms with Gasteiger partial charge in [-0.1, -0.05) is 36.4 Å². The van der Waals surface area contributed by atoms with Crippen molar-refractivity contribution in [3.05, 3.63) is 89.6 Å². The smallest absolute Gasteiger partial charge is 0.303 e. The average molecular weight is 1590 g/mol. The number of thioether (sulfide) groups is 1. The number of hydrogen-bond acceptors (Lipinski definition) is 23. The number of benzene rings is 3. The lowest BCUT2D eigenvalue weighted by Crippen LogP contribution is -2.64. The summed E-state index contributed by atoms with van der Waals surface area (Å²) in [5.74, 6) is -18.4. The molecule has 0 radical (unpaired) electrons. The fourth-order valence-electron chi connectivity index (χ4n) is 11.3. The largest absolute Gasteiger partial charge is 0.493 e. The maximum atomic E-state index is 15.4. The fourth-order valence-corrected chi connectivity index (χ4v) is 12.4. The van der Waals surface area contributed by atoms with E-state index in [0.29, 0.717) is 27.8 Å². The van der Waals surface area contributed by atoms with Crippen LogP contribution in [0.1, 0.15) is 95.8 Å². The SMILES string of the molecule is COc1ccc(C[C@H](NC(=O)[C@H](Cc2ccc(OCCN)cc2)NC(=O)[C@@H]2CSCC[C@H](NC(C)=O)C(=O)N[C@@H](CCC(N)=O)C(=O)N[C@@H]([C@@H](C)O)C(=O)N[C@@H](Cc3c[nH]c4ccccc34)C(=O)N[C@@H](CCC(N)=O)C(=O)N2)C(=O)NC(C)(C)C(=O)N[C@@H](CCC(=O)O)C(=O)N[C@@H](CC(N)=O)C(=O)NCC(N)=O)cc1OC. The van der Waals surface area contributed by atoms with Crippen molar-refractivity contribution < 1.29 is 106 Å². The Morgan fingerprint density at radius 1 is 0.634 bits per heavy atom. The zero-order chi connectivity index (χ0) is 83.1. The van der Waals surface area contributed by atoms with Gasteiger partial charge < -0.3 is 122 Å². The topological polar surface area (TPSA) is 649 Å². The van der Waals surface area contributed by atoms with Crippen LogP contribution in [0, 0.1) is 0 Å². The molecule has 610 valence electrons. The van der Waals surface area contributed by atoms with Crippen molar-refractivity contribution in [3.63, 3.8) is 0 Å². The number of aromatic nitrogens is 1. The van der Waals surface area contributed by atoms with Gasteiger partial charge in [-0.2, -0.15) is 11.8 Å². The van der Waals surface area contributed by atoms with Crippen LogP contribution in [0.2, 0.25) is 0 Å². The summed E-state index contributed by atoms with van der Waals surface area (Å²) in [7, 11) is 2.68. The maximum absolute atomic E-state index is 15.4. The van der Waals surface area contributed by atoms with E-state index in [2.05, 4.69) is 68.8 Å². The highest BCUT2D eigenvalue weighted by molar-refractivity contribution is 7.99. The molecule has 1 aliphatic heterocycles. The Kier molecular flexibility index (Phi) is 35.5. The molecular weight excluding hydrogens is 1490 g/mol. The first-order chi connectivity index (χ1) is 52.9. The molecule has 0 bridgehead atoms. The molecule has 16 amide bonds. The van der Waals surface area contributed by atoms with Crippen LogP contribution in [0.4, 0.5) is 0 Å². The number of ether oxygens (including phenoxy) is 3. The molecule has 0 spiro atoms. The van der Waals surface area contributed by atoms with Crippen LogP contribution in [-0.4, -0.2) is 233 Å². The number of carbonyl (C=O) groups excluding carboxylic acids is 16. The van der Waals surface area contributed by atoms with Crippen LogP contribution in [-0.2, 0) is 101 Å². The lowest BCUT2D eigenvalue weighted by Gasteiger charge is -2.31. The Hall–Kier alpha value is -12.1. The van der Waals surface area contributed by atoms with Gasteiger partial charge in [-0.05, 0) is 99.2 Å². The zero-order valence-electron chi connectivity index (χ0n) is 62.4. The van der Waals surface area contributed by atoms with Crippen molar-refractivity contribution in [2.75, 3.05) is 45.4 Å². The molecule has 5 rings (SSSR count). The number of hydrogen-bond donors (Lipinski definition) is 20. The van der Waals surface area contributed by atoms with Gasteiger partial charge in [0.1, 0.15) is 78.3 Å². The van der Waals surface area contributed by atoms with Gasteiger partial charge in [0, 0.05) is 74.8 Å². The lowest BCUT2D eigenvalue weighted by molar-refractivity contribution is -0.139. The van der Waals surface area contributed by atoms with E-state index in [1.165, 1.54) is 76.7 Å². The summed E-state index contributed by atoms with van der Waals surface area (Å²) in [5, 5.41) is 50.8. The number of carbonyl (C=O) groups is 17. The van der Waals surface area contributed by atoms with Crippen molar-refractivity contribution in [1.29, 1.82) is 0 Å². The molecule has 25 N–H and O–H groups in total. The first kappa shape index (κ1) is 90.5. The monoisotopic (exact) mass is 1590 g/mol. The predicted molar refractivity (Wildman–Crippen MR) is 401 cm³/mol. The highest BCUT2D eigenvalue weighted by Crippen LogP contribution is 2.29. The van der Waals surface area contributed by atoms with Crippen LogP contribution in [0.3, 0.4) is 0 Å². The van der Waals surface area contributed by atoms with E-state index in [9.17, 15) is 72.5 Å². The number of aliphatic hydroxyl groups excluding tert-OH is 1. The molecule has 1 aromatic heterocycles. The Labute approximate surface area is 646 Å². The first-order valence-corrected chi connectivity index (χ1v) is 36.5. The van der Waals surface area contributed by atoms with Crippen molar-refractivity contribution in [2.24, 2.45) is 28.7 Å². The maximum Gasteiger partial charge on any atom is 0.303 e. The molecule has 2 heterocycles. The van der Waals surface area contributed by atoms with E-state index in [1.807, 2.05) is 0 Å². The van der Waals surface area contributed by atoms with Crippen molar-refractivity contribution in [2.45, 2.75) is 170 Å². The Bertz CT molecular complexity index is 4080. The normalized spacial score (nSPS) is 18.7. The molecule has 0 unspecified atom stereocenters. The molecule has 112 heavy (non-hydrogen) atoms. The third kappa shape index (κ3) is 29.4. The molecule has 41 heteroatoms. The van der Waals surface area contributed by atoms with Crippen molar-refractivity contribution >= 4 is 123 Å². The Balaban J connectivity index is 1.63. The third-order valence-corrected chi connectivity index (χ3v) is 18.3. The highest BCUT2D eigenvalue weighted by atomic mass is 32.2. The minimum Gasteiger partial charge on any atom is -0.493 e. The summed E-state index contributed by atoms with van der Waals surface area (Å²) in [5.41, 5.74) is 26.8. The van der Waals surface area contributed by atoms with E-state index in [0.717, 1.165) is 25.6 Å². The number of aliphatic hydroxyl groups is 1. The molecule has 11 atom stereocenters. The minimum absolute atomic E-state index is 0.103. The third-order valence-electron chi connectivity index (χ3n) is 17.2. The molecule has 1 fully saturated rings. The second kappa shape index (κ2) is 43.9. The standard InChI is InChI=1S/C71H98N18O22S/c1-35(90)59-69(107)85-49(30-39-32-77-42-10-8-7-9-41(39)42)66(104)81-43(16-20-54(73)92)61(99)86-51(34-112-26-23-46(79-36(2)91)63(101)80-44(64(102)88-59)17-21-55(74)93)67(105)82-47(27-37-11-14-40(15-12-37)111-25-24-72)65(103)83-48(28-38-13-19-52(109-5)53(29-38)110-6)68(106)89-71(3,4)70(108)87-45(18-22-58(96)97)62(100)84-50(31-56(75)94)60(98)78-33-57(76)95/h7-15,19,29,32,35,43-51,59,77,90H,16-18,20-28,30-31,33-34,72H2,1-6H3,(H2,73,92)(H2,74,93)(H2,75,94)(H2,76,95)(H,78,98)(H,79,91)(H,80,101)(H,81,104)(H,82,105)(H,83,103)(H,84,100)(H,85,107)(H,86,99)(H,87,108)(H,88,102)(H,89,106)(H,96,97)/t35-,43+,44+,45+,46+,47+,48+,49+,50+,51+,59+/m1/s1. The second-order valence-corrected chi connectivity index (χ2v) is 27.8. The van der Waals surface area contributed by atoms with Crippen LogP contribution in [0.15, 0.2) is 72.9 Å². The minimum atomic E-state index is -2.12. The van der Waals surface area contributed by atoms with Crippen LogP contribution >= 0.6 is 11.8 Å². The van der Waals surface area contributed by atoms with Crippen LogP contribution in [0.25, 0.3) is 10.9 Å². The molecule has 4 aromatic rings. The van der Waals surface area contributed by atoms with E-state index < -0.39 is 243 Å².